The van der Waals surface area contributed by atoms with Crippen LogP contribution in [-0.2, 0) is 0 Å². The lowest BCUT2D eigenvalue weighted by Gasteiger charge is -2.33. The number of amides is 1. The van der Waals surface area contributed by atoms with Gasteiger partial charge in [0.25, 0.3) is 0 Å². The number of carbonyl (C=O) groups is 1. The lowest BCUT2D eigenvalue weighted by Crippen LogP contribution is -2.46. The van der Waals surface area contributed by atoms with Crippen molar-refractivity contribution in [2.75, 3.05) is 11.6 Å². The minimum atomic E-state index is -1.13. The van der Waals surface area contributed by atoms with Gasteiger partial charge in [0.05, 0.1) is 12.2 Å². The number of halogens is 1. The Morgan fingerprint density at radius 3 is 3.00 bits per heavy atom. The highest BCUT2D eigenvalue weighted by atomic mass is 19.1. The number of fused-ring (bicyclic) bond motifs is 1. The summed E-state index contributed by atoms with van der Waals surface area (Å²) in [5, 5.41) is 16.9. The van der Waals surface area contributed by atoms with Crippen molar-refractivity contribution >= 4 is 17.6 Å². The molecule has 8 heteroatoms. The van der Waals surface area contributed by atoms with Gasteiger partial charge in [-0.15, -0.1) is 0 Å². The summed E-state index contributed by atoms with van der Waals surface area (Å²) in [6.07, 6.45) is 3.49. The number of aromatic nitrogens is 3. The lowest BCUT2D eigenvalue weighted by molar-refractivity contribution is 0.161. The van der Waals surface area contributed by atoms with Crippen molar-refractivity contribution in [3.63, 3.8) is 0 Å². The fraction of sp³-hybridized carbons (Fsp3) is 0.235. The van der Waals surface area contributed by atoms with E-state index in [9.17, 15) is 14.3 Å². The topological polar surface area (TPSA) is 74.0 Å². The maximum atomic E-state index is 13.6. The molecule has 3 aromatic rings. The van der Waals surface area contributed by atoms with Gasteiger partial charge >= 0.3 is 6.09 Å². The molecule has 0 aliphatic carbocycles. The summed E-state index contributed by atoms with van der Waals surface area (Å²) in [6, 6.07) is 9.57. The first-order valence-electron chi connectivity index (χ1n) is 7.99. The van der Waals surface area contributed by atoms with E-state index >= 15 is 0 Å². The van der Waals surface area contributed by atoms with Gasteiger partial charge in [-0.25, -0.2) is 19.2 Å². The highest BCUT2D eigenvalue weighted by molar-refractivity contribution is 5.84. The zero-order valence-corrected chi connectivity index (χ0v) is 13.3. The van der Waals surface area contributed by atoms with E-state index in [0.717, 1.165) is 23.4 Å². The molecule has 1 N–H and O–H groups in total. The van der Waals surface area contributed by atoms with E-state index in [1.54, 1.807) is 29.4 Å². The van der Waals surface area contributed by atoms with Crippen LogP contribution < -0.4 is 5.01 Å². The Balaban J connectivity index is 1.77. The van der Waals surface area contributed by atoms with Gasteiger partial charge in [0, 0.05) is 12.7 Å². The van der Waals surface area contributed by atoms with Crippen LogP contribution in [0.25, 0.3) is 5.65 Å². The van der Waals surface area contributed by atoms with Gasteiger partial charge in [-0.2, -0.15) is 14.6 Å². The van der Waals surface area contributed by atoms with E-state index in [-0.39, 0.29) is 11.9 Å². The first kappa shape index (κ1) is 15.5. The maximum absolute atomic E-state index is 13.6. The molecule has 3 heterocycles. The van der Waals surface area contributed by atoms with E-state index in [2.05, 4.69) is 10.1 Å². The summed E-state index contributed by atoms with van der Waals surface area (Å²) in [4.78, 5) is 16.2. The van der Waals surface area contributed by atoms with Gasteiger partial charge in [0.2, 0.25) is 0 Å². The number of carboxylic acid groups (broad SMARTS) is 1. The highest BCUT2D eigenvalue weighted by Crippen LogP contribution is 2.35. The number of anilines is 1. The van der Waals surface area contributed by atoms with Gasteiger partial charge in [-0.05, 0) is 42.7 Å². The summed E-state index contributed by atoms with van der Waals surface area (Å²) >= 11 is 0. The molecule has 25 heavy (non-hydrogen) atoms. The van der Waals surface area contributed by atoms with E-state index < -0.39 is 6.09 Å². The Morgan fingerprint density at radius 1 is 1.32 bits per heavy atom. The summed E-state index contributed by atoms with van der Waals surface area (Å²) in [7, 11) is 0. The second-order valence-corrected chi connectivity index (χ2v) is 5.88. The highest BCUT2D eigenvalue weighted by Gasteiger charge is 2.36. The van der Waals surface area contributed by atoms with Crippen molar-refractivity contribution in [3.05, 3.63) is 60.2 Å². The molecular formula is C17H16FN5O2. The molecule has 1 saturated heterocycles. The second-order valence-electron chi connectivity index (χ2n) is 5.88. The first-order valence-corrected chi connectivity index (χ1v) is 7.99. The molecule has 0 bridgehead atoms. The largest absolute Gasteiger partial charge is 0.464 e. The number of imidazole rings is 1. The molecule has 1 unspecified atom stereocenters. The molecule has 1 aromatic carbocycles. The molecule has 4 rings (SSSR count). The Labute approximate surface area is 142 Å². The SMILES string of the molecule is O=C(O)N(c1cnc2cccnn12)N1CCCC1c1cccc(F)c1. The van der Waals surface area contributed by atoms with Gasteiger partial charge < -0.3 is 5.11 Å². The van der Waals surface area contributed by atoms with Crippen molar-refractivity contribution < 1.29 is 14.3 Å². The molecule has 1 aliphatic rings. The maximum Gasteiger partial charge on any atom is 0.428 e. The van der Waals surface area contributed by atoms with Crippen molar-refractivity contribution in [1.29, 1.82) is 0 Å². The predicted octanol–water partition coefficient (Wildman–Crippen LogP) is 3.10. The van der Waals surface area contributed by atoms with E-state index in [0.29, 0.717) is 18.0 Å². The summed E-state index contributed by atoms with van der Waals surface area (Å²) in [6.45, 7) is 0.549. The third-order valence-electron chi connectivity index (χ3n) is 4.37. The minimum absolute atomic E-state index is 0.221. The first-order chi connectivity index (χ1) is 12.1. The number of hydrazine groups is 1. The Hall–Kier alpha value is -3.00. The number of hydrogen-bond donors (Lipinski definition) is 1. The van der Waals surface area contributed by atoms with Gasteiger partial charge in [-0.1, -0.05) is 12.1 Å². The molecule has 0 saturated carbocycles. The molecule has 0 spiro atoms. The minimum Gasteiger partial charge on any atom is -0.464 e. The standard InChI is InChI=1S/C17H16FN5O2/c18-13-5-1-4-12(10-13)14-6-3-9-21(14)23(17(24)25)16-11-19-15-7-2-8-20-22(15)16/h1-2,4-5,7-8,10-11,14H,3,6,9H2,(H,24,25). The smallest absolute Gasteiger partial charge is 0.428 e. The molecule has 1 atom stereocenters. The van der Waals surface area contributed by atoms with Crippen LogP contribution in [0.3, 0.4) is 0 Å². The van der Waals surface area contributed by atoms with Crippen molar-refractivity contribution in [2.45, 2.75) is 18.9 Å². The van der Waals surface area contributed by atoms with E-state index in [1.165, 1.54) is 22.8 Å². The summed E-state index contributed by atoms with van der Waals surface area (Å²) < 4.78 is 15.1. The average Bonchev–Trinajstić information content (AvgIpc) is 3.23. The van der Waals surface area contributed by atoms with Crippen LogP contribution in [-0.4, -0.2) is 37.4 Å². The van der Waals surface area contributed by atoms with Crippen LogP contribution in [0.15, 0.2) is 48.8 Å². The monoisotopic (exact) mass is 341 g/mol. The fourth-order valence-electron chi connectivity index (χ4n) is 3.34. The molecular weight excluding hydrogens is 325 g/mol. The van der Waals surface area contributed by atoms with Crippen molar-refractivity contribution in [2.24, 2.45) is 0 Å². The average molecular weight is 341 g/mol. The number of hydrogen-bond acceptors (Lipinski definition) is 4. The van der Waals surface area contributed by atoms with E-state index in [4.69, 9.17) is 0 Å². The summed E-state index contributed by atoms with van der Waals surface area (Å²) in [5.41, 5.74) is 1.32. The van der Waals surface area contributed by atoms with Crippen LogP contribution in [0.2, 0.25) is 0 Å². The molecule has 7 nitrogen and oxygen atoms in total. The molecule has 0 radical (unpaired) electrons. The van der Waals surface area contributed by atoms with E-state index in [1.807, 2.05) is 6.07 Å². The Bertz CT molecular complexity index is 928. The molecule has 1 fully saturated rings. The molecule has 128 valence electrons. The quantitative estimate of drug-likeness (QED) is 0.792. The Morgan fingerprint density at radius 2 is 2.20 bits per heavy atom. The van der Waals surface area contributed by atoms with Crippen LogP contribution in [0.1, 0.15) is 24.4 Å². The second kappa shape index (κ2) is 6.14. The molecule has 1 aliphatic heterocycles. The number of nitrogens with zero attached hydrogens (tertiary/aromatic N) is 5. The van der Waals surface area contributed by atoms with Crippen LogP contribution in [0.5, 0.6) is 0 Å². The normalized spacial score (nSPS) is 17.9. The Kier molecular flexibility index (Phi) is 3.81. The third-order valence-corrected chi connectivity index (χ3v) is 4.37. The zero-order chi connectivity index (χ0) is 17.4. The number of benzene rings is 1. The van der Waals surface area contributed by atoms with Gasteiger partial charge in [0.15, 0.2) is 11.5 Å². The van der Waals surface area contributed by atoms with Crippen LogP contribution in [0, 0.1) is 5.82 Å². The third kappa shape index (κ3) is 2.70. The van der Waals surface area contributed by atoms with Crippen LogP contribution >= 0.6 is 0 Å². The predicted molar refractivity (Wildman–Crippen MR) is 88.6 cm³/mol. The van der Waals surface area contributed by atoms with Gasteiger partial charge in [0.1, 0.15) is 5.82 Å². The van der Waals surface area contributed by atoms with Gasteiger partial charge in [-0.3, -0.25) is 0 Å². The number of rotatable bonds is 3. The van der Waals surface area contributed by atoms with Crippen LogP contribution in [0.4, 0.5) is 15.0 Å². The zero-order valence-electron chi connectivity index (χ0n) is 13.3. The van der Waals surface area contributed by atoms with Crippen molar-refractivity contribution in [1.82, 2.24) is 19.6 Å². The fourth-order valence-corrected chi connectivity index (χ4v) is 3.34. The summed E-state index contributed by atoms with van der Waals surface area (Å²) in [5.74, 6) is 0.00842. The molecule has 2 aromatic heterocycles. The van der Waals surface area contributed by atoms with Crippen molar-refractivity contribution in [3.8, 4) is 0 Å². The molecule has 1 amide bonds. The lowest BCUT2D eigenvalue weighted by atomic mass is 10.1.